The van der Waals surface area contributed by atoms with Gasteiger partial charge in [0.15, 0.2) is 0 Å². The summed E-state index contributed by atoms with van der Waals surface area (Å²) in [5.74, 6) is -1.72. The van der Waals surface area contributed by atoms with Gasteiger partial charge in [0.25, 0.3) is 0 Å². The van der Waals surface area contributed by atoms with Gasteiger partial charge in [-0.3, -0.25) is 9.59 Å². The van der Waals surface area contributed by atoms with E-state index in [0.29, 0.717) is 18.5 Å². The summed E-state index contributed by atoms with van der Waals surface area (Å²) >= 11 is 0. The fraction of sp³-hybridized carbons (Fsp3) is 0.500. The zero-order chi connectivity index (χ0) is 15.6. The lowest BCUT2D eigenvalue weighted by atomic mass is 9.84. The number of nitrogens with zero attached hydrogens (tertiary/aromatic N) is 1. The van der Waals surface area contributed by atoms with Gasteiger partial charge in [0.2, 0.25) is 5.91 Å². The second kappa shape index (κ2) is 6.24. The van der Waals surface area contributed by atoms with E-state index in [1.54, 1.807) is 17.0 Å². The van der Waals surface area contributed by atoms with Gasteiger partial charge in [-0.25, -0.2) is 4.39 Å². The van der Waals surface area contributed by atoms with Crippen LogP contribution in [0, 0.1) is 17.7 Å². The van der Waals surface area contributed by atoms with Gasteiger partial charge in [-0.05, 0) is 30.0 Å². The topological polar surface area (TPSA) is 57.6 Å². The molecule has 2 rings (SSSR count). The van der Waals surface area contributed by atoms with Gasteiger partial charge in [0, 0.05) is 13.0 Å². The third-order valence-corrected chi connectivity index (χ3v) is 3.80. The van der Waals surface area contributed by atoms with E-state index in [1.165, 1.54) is 12.1 Å². The van der Waals surface area contributed by atoms with Gasteiger partial charge in [0.1, 0.15) is 5.82 Å². The van der Waals surface area contributed by atoms with Crippen molar-refractivity contribution >= 4 is 11.9 Å². The fourth-order valence-electron chi connectivity index (χ4n) is 2.89. The first kappa shape index (κ1) is 15.5. The van der Waals surface area contributed by atoms with E-state index in [2.05, 4.69) is 0 Å². The molecule has 0 spiro atoms. The number of amides is 1. The highest BCUT2D eigenvalue weighted by molar-refractivity contribution is 5.81. The molecule has 1 saturated heterocycles. The number of hydrogen-bond donors (Lipinski definition) is 1. The van der Waals surface area contributed by atoms with Crippen LogP contribution in [-0.2, 0) is 9.59 Å². The molecule has 1 fully saturated rings. The van der Waals surface area contributed by atoms with Crippen molar-refractivity contribution in [2.45, 2.75) is 32.7 Å². The molecule has 2 atom stereocenters. The first-order valence-electron chi connectivity index (χ1n) is 7.18. The molecule has 1 aliphatic rings. The summed E-state index contributed by atoms with van der Waals surface area (Å²) in [4.78, 5) is 25.4. The fourth-order valence-corrected chi connectivity index (χ4v) is 2.89. The van der Waals surface area contributed by atoms with Crippen LogP contribution >= 0.6 is 0 Å². The summed E-state index contributed by atoms with van der Waals surface area (Å²) in [7, 11) is 0. The van der Waals surface area contributed by atoms with Crippen LogP contribution in [0.1, 0.15) is 38.3 Å². The lowest BCUT2D eigenvalue weighted by Crippen LogP contribution is -2.46. The maximum Gasteiger partial charge on any atom is 0.308 e. The molecule has 1 N–H and O–H groups in total. The highest BCUT2D eigenvalue weighted by atomic mass is 19.1. The summed E-state index contributed by atoms with van der Waals surface area (Å²) in [5, 5.41) is 9.45. The van der Waals surface area contributed by atoms with Crippen molar-refractivity contribution in [2.75, 3.05) is 6.54 Å². The van der Waals surface area contributed by atoms with Crippen LogP contribution < -0.4 is 0 Å². The van der Waals surface area contributed by atoms with E-state index >= 15 is 0 Å². The molecule has 1 aliphatic heterocycles. The van der Waals surface area contributed by atoms with Crippen molar-refractivity contribution in [3.8, 4) is 0 Å². The normalized spacial score (nSPS) is 22.7. The molecule has 0 saturated carbocycles. The summed E-state index contributed by atoms with van der Waals surface area (Å²) in [6, 6.07) is 5.23. The van der Waals surface area contributed by atoms with Crippen LogP contribution in [0.5, 0.6) is 0 Å². The number of carboxylic acids is 1. The van der Waals surface area contributed by atoms with Gasteiger partial charge in [-0.15, -0.1) is 0 Å². The van der Waals surface area contributed by atoms with Gasteiger partial charge in [-0.2, -0.15) is 0 Å². The van der Waals surface area contributed by atoms with Gasteiger partial charge in [-0.1, -0.05) is 26.0 Å². The molecule has 4 nitrogen and oxygen atoms in total. The number of rotatable bonds is 4. The minimum atomic E-state index is -0.911. The molecule has 0 aromatic heterocycles. The van der Waals surface area contributed by atoms with Crippen molar-refractivity contribution in [3.63, 3.8) is 0 Å². The van der Waals surface area contributed by atoms with Crippen LogP contribution in [0.25, 0.3) is 0 Å². The van der Waals surface area contributed by atoms with Crippen molar-refractivity contribution < 1.29 is 19.1 Å². The molecule has 1 heterocycles. The molecule has 5 heteroatoms. The lowest BCUT2D eigenvalue weighted by molar-refractivity contribution is -0.152. The average Bonchev–Trinajstić information content (AvgIpc) is 2.41. The quantitative estimate of drug-likeness (QED) is 0.928. The summed E-state index contributed by atoms with van der Waals surface area (Å²) in [6.45, 7) is 4.48. The Morgan fingerprint density at radius 1 is 1.38 bits per heavy atom. The van der Waals surface area contributed by atoms with Crippen molar-refractivity contribution in [1.82, 2.24) is 4.90 Å². The maximum absolute atomic E-state index is 13.1. The first-order valence-corrected chi connectivity index (χ1v) is 7.18. The van der Waals surface area contributed by atoms with Crippen LogP contribution in [0.4, 0.5) is 4.39 Å². The van der Waals surface area contributed by atoms with Crippen LogP contribution in [0.2, 0.25) is 0 Å². The Morgan fingerprint density at radius 3 is 2.52 bits per heavy atom. The Kier molecular flexibility index (Phi) is 4.60. The van der Waals surface area contributed by atoms with E-state index < -0.39 is 17.9 Å². The minimum absolute atomic E-state index is 0.0319. The third-order valence-electron chi connectivity index (χ3n) is 3.80. The number of hydrogen-bond acceptors (Lipinski definition) is 2. The third kappa shape index (κ3) is 3.40. The van der Waals surface area contributed by atoms with Crippen LogP contribution in [0.3, 0.4) is 0 Å². The van der Waals surface area contributed by atoms with E-state index in [9.17, 15) is 19.1 Å². The number of likely N-dealkylation sites (tertiary alicyclic amines) is 1. The zero-order valence-electron chi connectivity index (χ0n) is 12.3. The molecule has 0 bridgehead atoms. The van der Waals surface area contributed by atoms with E-state index in [0.717, 1.165) is 0 Å². The highest BCUT2D eigenvalue weighted by Crippen LogP contribution is 2.37. The van der Waals surface area contributed by atoms with E-state index in [4.69, 9.17) is 0 Å². The average molecular weight is 293 g/mol. The lowest BCUT2D eigenvalue weighted by Gasteiger charge is -2.40. The summed E-state index contributed by atoms with van der Waals surface area (Å²) < 4.78 is 13.1. The monoisotopic (exact) mass is 293 g/mol. The molecule has 2 unspecified atom stereocenters. The van der Waals surface area contributed by atoms with Crippen molar-refractivity contribution in [1.29, 1.82) is 0 Å². The van der Waals surface area contributed by atoms with Crippen LogP contribution in [0.15, 0.2) is 24.3 Å². The number of aliphatic carboxylic acids is 1. The number of carboxylic acid groups (broad SMARTS) is 1. The van der Waals surface area contributed by atoms with Gasteiger partial charge >= 0.3 is 5.97 Å². The molecule has 0 radical (unpaired) electrons. The number of halogens is 1. The standard InChI is InChI=1S/C16H20FNO3/c1-10(2)9-18-14(19)8-7-13(16(20)21)15(18)11-3-5-12(17)6-4-11/h3-6,10,13,15H,7-9H2,1-2H3,(H,20,21). The first-order chi connectivity index (χ1) is 9.90. The smallest absolute Gasteiger partial charge is 0.308 e. The molecule has 1 aromatic carbocycles. The zero-order valence-corrected chi connectivity index (χ0v) is 12.3. The number of benzene rings is 1. The molecule has 1 amide bonds. The van der Waals surface area contributed by atoms with Crippen molar-refractivity contribution in [3.05, 3.63) is 35.6 Å². The van der Waals surface area contributed by atoms with E-state index in [-0.39, 0.29) is 24.1 Å². The second-order valence-electron chi connectivity index (χ2n) is 5.92. The van der Waals surface area contributed by atoms with E-state index in [1.807, 2.05) is 13.8 Å². The predicted molar refractivity (Wildman–Crippen MR) is 76.1 cm³/mol. The molecular formula is C16H20FNO3. The van der Waals surface area contributed by atoms with Gasteiger partial charge in [0.05, 0.1) is 12.0 Å². The van der Waals surface area contributed by atoms with Gasteiger partial charge < -0.3 is 10.0 Å². The second-order valence-corrected chi connectivity index (χ2v) is 5.92. The molecule has 21 heavy (non-hydrogen) atoms. The van der Waals surface area contributed by atoms with Crippen LogP contribution in [-0.4, -0.2) is 28.4 Å². The Balaban J connectivity index is 2.40. The Labute approximate surface area is 123 Å². The Bertz CT molecular complexity index is 527. The van der Waals surface area contributed by atoms with Crippen molar-refractivity contribution in [2.24, 2.45) is 11.8 Å². The molecule has 114 valence electrons. The highest BCUT2D eigenvalue weighted by Gasteiger charge is 2.40. The molecule has 0 aliphatic carbocycles. The minimum Gasteiger partial charge on any atom is -0.481 e. The number of piperidine rings is 1. The number of carbonyl (C=O) groups excluding carboxylic acids is 1. The Morgan fingerprint density at radius 2 is 2.00 bits per heavy atom. The maximum atomic E-state index is 13.1. The summed E-state index contributed by atoms with van der Waals surface area (Å²) in [5.41, 5.74) is 0.678. The largest absolute Gasteiger partial charge is 0.481 e. The molecule has 1 aromatic rings. The summed E-state index contributed by atoms with van der Waals surface area (Å²) in [6.07, 6.45) is 0.576. The number of carbonyl (C=O) groups is 2. The SMILES string of the molecule is CC(C)CN1C(=O)CCC(C(=O)O)C1c1ccc(F)cc1. The molecular weight excluding hydrogens is 273 g/mol. The predicted octanol–water partition coefficient (Wildman–Crippen LogP) is 2.85. The Hall–Kier alpha value is -1.91.